The average molecular weight is 286 g/mol. The van der Waals surface area contributed by atoms with Crippen LogP contribution in [0.1, 0.15) is 21.5 Å². The number of aryl methyl sites for hydroxylation is 1. The van der Waals surface area contributed by atoms with Crippen molar-refractivity contribution in [2.45, 2.75) is 13.5 Å². The lowest BCUT2D eigenvalue weighted by Crippen LogP contribution is -2.35. The minimum Gasteiger partial charge on any atom is -0.333 e. The molecule has 3 nitrogen and oxygen atoms in total. The van der Waals surface area contributed by atoms with Crippen LogP contribution in [-0.4, -0.2) is 23.9 Å². The highest BCUT2D eigenvalue weighted by Crippen LogP contribution is 2.13. The average Bonchev–Trinajstić information content (AvgIpc) is 2.50. The van der Waals surface area contributed by atoms with E-state index in [4.69, 9.17) is 5.73 Å². The zero-order valence-corrected chi connectivity index (χ0v) is 12.1. The first-order valence-electron chi connectivity index (χ1n) is 6.91. The van der Waals surface area contributed by atoms with Crippen molar-refractivity contribution in [1.29, 1.82) is 0 Å². The highest BCUT2D eigenvalue weighted by molar-refractivity contribution is 5.94. The number of hydrogen-bond acceptors (Lipinski definition) is 2. The number of hydrogen-bond donors (Lipinski definition) is 1. The van der Waals surface area contributed by atoms with E-state index in [2.05, 4.69) is 0 Å². The van der Waals surface area contributed by atoms with Crippen molar-refractivity contribution < 1.29 is 9.18 Å². The van der Waals surface area contributed by atoms with Crippen LogP contribution in [0, 0.1) is 12.7 Å². The van der Waals surface area contributed by atoms with Crippen molar-refractivity contribution in [3.8, 4) is 0 Å². The van der Waals surface area contributed by atoms with E-state index in [0.29, 0.717) is 30.8 Å². The third-order valence-electron chi connectivity index (χ3n) is 3.32. The van der Waals surface area contributed by atoms with Gasteiger partial charge in [0.25, 0.3) is 5.91 Å². The summed E-state index contributed by atoms with van der Waals surface area (Å²) >= 11 is 0. The molecule has 2 rings (SSSR count). The molecule has 110 valence electrons. The van der Waals surface area contributed by atoms with Crippen LogP contribution in [0.3, 0.4) is 0 Å². The second-order valence-electron chi connectivity index (χ2n) is 4.96. The monoisotopic (exact) mass is 286 g/mol. The summed E-state index contributed by atoms with van der Waals surface area (Å²) in [4.78, 5) is 14.1. The van der Waals surface area contributed by atoms with Crippen molar-refractivity contribution in [2.75, 3.05) is 13.1 Å². The van der Waals surface area contributed by atoms with Crippen LogP contribution in [-0.2, 0) is 6.54 Å². The third kappa shape index (κ3) is 3.89. The molecule has 2 N–H and O–H groups in total. The summed E-state index contributed by atoms with van der Waals surface area (Å²) in [6.07, 6.45) is 0. The summed E-state index contributed by atoms with van der Waals surface area (Å²) in [5.74, 6) is -0.573. The fourth-order valence-electron chi connectivity index (χ4n) is 2.12. The third-order valence-corrected chi connectivity index (χ3v) is 3.32. The Hall–Kier alpha value is -2.20. The SMILES string of the molecule is Cc1ccc(C(=O)N(CCN)Cc2ccccc2)cc1F. The van der Waals surface area contributed by atoms with E-state index in [1.54, 1.807) is 24.0 Å². The molecule has 21 heavy (non-hydrogen) atoms. The zero-order chi connectivity index (χ0) is 15.2. The van der Waals surface area contributed by atoms with Crippen molar-refractivity contribution in [2.24, 2.45) is 5.73 Å². The van der Waals surface area contributed by atoms with Gasteiger partial charge in [0, 0.05) is 25.2 Å². The largest absolute Gasteiger partial charge is 0.333 e. The molecule has 0 aliphatic carbocycles. The molecular weight excluding hydrogens is 267 g/mol. The lowest BCUT2D eigenvalue weighted by Gasteiger charge is -2.22. The van der Waals surface area contributed by atoms with Gasteiger partial charge in [-0.25, -0.2) is 4.39 Å². The van der Waals surface area contributed by atoms with E-state index in [-0.39, 0.29) is 11.7 Å². The van der Waals surface area contributed by atoms with E-state index < -0.39 is 0 Å². The van der Waals surface area contributed by atoms with Gasteiger partial charge in [-0.3, -0.25) is 4.79 Å². The van der Waals surface area contributed by atoms with Gasteiger partial charge in [-0.2, -0.15) is 0 Å². The van der Waals surface area contributed by atoms with E-state index in [9.17, 15) is 9.18 Å². The molecule has 0 atom stereocenters. The summed E-state index contributed by atoms with van der Waals surface area (Å²) in [5, 5.41) is 0. The molecule has 2 aromatic carbocycles. The highest BCUT2D eigenvalue weighted by atomic mass is 19.1. The topological polar surface area (TPSA) is 46.3 Å². The highest BCUT2D eigenvalue weighted by Gasteiger charge is 2.16. The molecule has 2 aromatic rings. The molecule has 1 amide bonds. The van der Waals surface area contributed by atoms with Gasteiger partial charge in [0.1, 0.15) is 5.82 Å². The predicted octanol–water partition coefficient (Wildman–Crippen LogP) is 2.74. The van der Waals surface area contributed by atoms with Crippen molar-refractivity contribution in [3.05, 3.63) is 71.0 Å². The molecule has 0 saturated heterocycles. The van der Waals surface area contributed by atoms with E-state index in [1.165, 1.54) is 6.07 Å². The molecule has 0 radical (unpaired) electrons. The Balaban J connectivity index is 2.20. The number of benzene rings is 2. The summed E-state index contributed by atoms with van der Waals surface area (Å²) in [6.45, 7) is 2.94. The van der Waals surface area contributed by atoms with Gasteiger partial charge < -0.3 is 10.6 Å². The summed E-state index contributed by atoms with van der Waals surface area (Å²) < 4.78 is 13.6. The molecule has 0 aliphatic heterocycles. The number of nitrogens with zero attached hydrogens (tertiary/aromatic N) is 1. The smallest absolute Gasteiger partial charge is 0.254 e. The zero-order valence-electron chi connectivity index (χ0n) is 12.1. The standard InChI is InChI=1S/C17H19FN2O/c1-13-7-8-15(11-16(13)18)17(21)20(10-9-19)12-14-5-3-2-4-6-14/h2-8,11H,9-10,12,19H2,1H3. The number of carbonyl (C=O) groups excluding carboxylic acids is 1. The van der Waals surface area contributed by atoms with Crippen LogP contribution in [0.2, 0.25) is 0 Å². The minimum absolute atomic E-state index is 0.205. The number of halogens is 1. The van der Waals surface area contributed by atoms with Crippen LogP contribution >= 0.6 is 0 Å². The predicted molar refractivity (Wildman–Crippen MR) is 81.4 cm³/mol. The lowest BCUT2D eigenvalue weighted by atomic mass is 10.1. The Kier molecular flexibility index (Phi) is 5.06. The first-order valence-corrected chi connectivity index (χ1v) is 6.91. The second kappa shape index (κ2) is 6.99. The molecule has 0 fully saturated rings. The van der Waals surface area contributed by atoms with Crippen molar-refractivity contribution in [3.63, 3.8) is 0 Å². The Labute approximate surface area is 124 Å². The fraction of sp³-hybridized carbons (Fsp3) is 0.235. The molecular formula is C17H19FN2O. The molecule has 4 heteroatoms. The van der Waals surface area contributed by atoms with Crippen LogP contribution < -0.4 is 5.73 Å². The first kappa shape index (κ1) is 15.2. The summed E-state index contributed by atoms with van der Waals surface area (Å²) in [6, 6.07) is 14.2. The Bertz CT molecular complexity index is 613. The molecule has 0 aliphatic rings. The molecule has 0 heterocycles. The van der Waals surface area contributed by atoms with Gasteiger partial charge in [0.05, 0.1) is 0 Å². The van der Waals surface area contributed by atoms with Crippen LogP contribution in [0.25, 0.3) is 0 Å². The molecule has 0 spiro atoms. The van der Waals surface area contributed by atoms with Gasteiger partial charge in [-0.15, -0.1) is 0 Å². The molecule has 0 saturated carbocycles. The van der Waals surface area contributed by atoms with Gasteiger partial charge in [0.15, 0.2) is 0 Å². The number of rotatable bonds is 5. The Morgan fingerprint density at radius 3 is 2.52 bits per heavy atom. The van der Waals surface area contributed by atoms with Crippen LogP contribution in [0.5, 0.6) is 0 Å². The maximum absolute atomic E-state index is 13.6. The van der Waals surface area contributed by atoms with E-state index in [1.807, 2.05) is 30.3 Å². The first-order chi connectivity index (χ1) is 10.1. The molecule has 0 aromatic heterocycles. The van der Waals surface area contributed by atoms with Gasteiger partial charge in [-0.05, 0) is 30.2 Å². The van der Waals surface area contributed by atoms with Gasteiger partial charge in [0.2, 0.25) is 0 Å². The lowest BCUT2D eigenvalue weighted by molar-refractivity contribution is 0.0747. The summed E-state index contributed by atoms with van der Waals surface area (Å²) in [7, 11) is 0. The van der Waals surface area contributed by atoms with Crippen LogP contribution in [0.15, 0.2) is 48.5 Å². The Morgan fingerprint density at radius 2 is 1.90 bits per heavy atom. The van der Waals surface area contributed by atoms with Gasteiger partial charge in [-0.1, -0.05) is 36.4 Å². The molecule has 0 unspecified atom stereocenters. The normalized spacial score (nSPS) is 10.4. The number of nitrogens with two attached hydrogens (primary N) is 1. The van der Waals surface area contributed by atoms with E-state index in [0.717, 1.165) is 5.56 Å². The number of carbonyl (C=O) groups is 1. The maximum atomic E-state index is 13.6. The van der Waals surface area contributed by atoms with Crippen LogP contribution in [0.4, 0.5) is 4.39 Å². The van der Waals surface area contributed by atoms with Gasteiger partial charge >= 0.3 is 0 Å². The Morgan fingerprint density at radius 1 is 1.19 bits per heavy atom. The minimum atomic E-state index is -0.367. The van der Waals surface area contributed by atoms with Crippen molar-refractivity contribution >= 4 is 5.91 Å². The second-order valence-corrected chi connectivity index (χ2v) is 4.96. The maximum Gasteiger partial charge on any atom is 0.254 e. The van der Waals surface area contributed by atoms with E-state index >= 15 is 0 Å². The number of amides is 1. The quantitative estimate of drug-likeness (QED) is 0.918. The fourth-order valence-corrected chi connectivity index (χ4v) is 2.12. The van der Waals surface area contributed by atoms with Crippen molar-refractivity contribution in [1.82, 2.24) is 4.90 Å². The summed E-state index contributed by atoms with van der Waals surface area (Å²) in [5.41, 5.74) is 7.48. The molecule has 0 bridgehead atoms.